The number of carbonyl (C=O) groups is 1. The van der Waals surface area contributed by atoms with E-state index >= 15 is 0 Å². The smallest absolute Gasteiger partial charge is 0.335 e. The van der Waals surface area contributed by atoms with Gasteiger partial charge in [-0.15, -0.1) is 0 Å². The Morgan fingerprint density at radius 1 is 1.05 bits per heavy atom. The maximum atomic E-state index is 14.2. The van der Waals surface area contributed by atoms with Crippen LogP contribution >= 0.6 is 0 Å². The number of carboxylic acids is 1. The van der Waals surface area contributed by atoms with Crippen LogP contribution in [0, 0.1) is 19.7 Å². The normalized spacial score (nSPS) is 17.6. The highest BCUT2D eigenvalue weighted by Gasteiger charge is 2.30. The molecule has 1 aliphatic heterocycles. The Morgan fingerprint density at radius 3 is 2.58 bits per heavy atom. The zero-order valence-electron chi connectivity index (χ0n) is 22.1. The first-order chi connectivity index (χ1) is 18.3. The molecule has 38 heavy (non-hydrogen) atoms. The number of benzene rings is 4. The number of halogens is 1. The monoisotopic (exact) mass is 511 g/mol. The summed E-state index contributed by atoms with van der Waals surface area (Å²) in [7, 11) is 0. The molecule has 196 valence electrons. The van der Waals surface area contributed by atoms with Crippen molar-refractivity contribution < 1.29 is 19.0 Å². The minimum absolute atomic E-state index is 0.0357. The van der Waals surface area contributed by atoms with E-state index in [1.165, 1.54) is 0 Å². The molecule has 0 amide bonds. The van der Waals surface area contributed by atoms with E-state index in [4.69, 9.17) is 4.74 Å². The lowest BCUT2D eigenvalue weighted by Gasteiger charge is -2.33. The molecule has 0 spiro atoms. The van der Waals surface area contributed by atoms with Crippen molar-refractivity contribution in [3.8, 4) is 5.75 Å². The highest BCUT2D eigenvalue weighted by atomic mass is 19.1. The SMILES string of the molecule is Cc1cc([C@@H]2C[C@H](CCCN[C@H](C)c3ccc(F)c4ccccc34)Oc3ccccc32)cc(C(=O)O)c1C. The zero-order chi connectivity index (χ0) is 26.8. The molecule has 0 bridgehead atoms. The second kappa shape index (κ2) is 11.0. The number of hydrogen-bond donors (Lipinski definition) is 2. The van der Waals surface area contributed by atoms with Crippen molar-refractivity contribution >= 4 is 16.7 Å². The molecule has 4 nitrogen and oxygen atoms in total. The summed E-state index contributed by atoms with van der Waals surface area (Å²) in [5.74, 6) is -0.124. The van der Waals surface area contributed by atoms with Crippen LogP contribution in [0.15, 0.2) is 72.8 Å². The van der Waals surface area contributed by atoms with Gasteiger partial charge >= 0.3 is 5.97 Å². The molecule has 0 unspecified atom stereocenters. The molecular formula is C33H34FNO3. The maximum Gasteiger partial charge on any atom is 0.335 e. The number of para-hydroxylation sites is 1. The van der Waals surface area contributed by atoms with Gasteiger partial charge in [-0.05, 0) is 92.4 Å². The molecule has 4 aromatic carbocycles. The molecule has 0 radical (unpaired) electrons. The van der Waals surface area contributed by atoms with Crippen LogP contribution < -0.4 is 10.1 Å². The second-order valence-corrected chi connectivity index (χ2v) is 10.4. The standard InChI is InChI=1S/C33H34FNO3/c1-20-17-23(18-29(21(20)2)33(36)37)30-19-24(38-32-13-7-6-12-28(30)32)9-8-16-35-22(3)25-14-15-31(34)27-11-5-4-10-26(25)27/h4-7,10-15,17-18,22,24,30,35H,8-9,16,19H2,1-3H3,(H,36,37)/t22-,24+,30+/m1/s1. The van der Waals surface area contributed by atoms with Gasteiger partial charge in [-0.25, -0.2) is 9.18 Å². The van der Waals surface area contributed by atoms with Crippen LogP contribution in [0.1, 0.15) is 76.3 Å². The molecule has 1 heterocycles. The first kappa shape index (κ1) is 25.9. The first-order valence-corrected chi connectivity index (χ1v) is 13.3. The van der Waals surface area contributed by atoms with E-state index in [2.05, 4.69) is 24.4 Å². The van der Waals surface area contributed by atoms with E-state index in [9.17, 15) is 14.3 Å². The Labute approximate surface area is 223 Å². The van der Waals surface area contributed by atoms with Crippen molar-refractivity contribution in [1.82, 2.24) is 5.32 Å². The third-order valence-electron chi connectivity index (χ3n) is 7.93. The average Bonchev–Trinajstić information content (AvgIpc) is 2.92. The van der Waals surface area contributed by atoms with Crippen LogP contribution in [0.5, 0.6) is 5.75 Å². The van der Waals surface area contributed by atoms with Gasteiger partial charge in [0.2, 0.25) is 0 Å². The number of hydrogen-bond acceptors (Lipinski definition) is 3. The molecule has 0 fully saturated rings. The minimum atomic E-state index is -0.890. The number of aryl methyl sites for hydroxylation is 1. The fraction of sp³-hybridized carbons (Fsp3) is 0.303. The number of rotatable bonds is 8. The molecule has 3 atom stereocenters. The average molecular weight is 512 g/mol. The van der Waals surface area contributed by atoms with E-state index in [1.54, 1.807) is 6.07 Å². The van der Waals surface area contributed by atoms with Gasteiger partial charge in [0.15, 0.2) is 0 Å². The van der Waals surface area contributed by atoms with Crippen molar-refractivity contribution in [3.63, 3.8) is 0 Å². The fourth-order valence-electron chi connectivity index (χ4n) is 5.72. The number of nitrogens with one attached hydrogen (secondary N) is 1. The first-order valence-electron chi connectivity index (χ1n) is 13.3. The number of carboxylic acid groups (broad SMARTS) is 1. The van der Waals surface area contributed by atoms with Gasteiger partial charge in [-0.1, -0.05) is 54.6 Å². The van der Waals surface area contributed by atoms with Crippen molar-refractivity contribution in [1.29, 1.82) is 0 Å². The lowest BCUT2D eigenvalue weighted by Crippen LogP contribution is -2.28. The molecular weight excluding hydrogens is 477 g/mol. The molecule has 4 aromatic rings. The van der Waals surface area contributed by atoms with Gasteiger partial charge in [-0.2, -0.15) is 0 Å². The molecule has 0 aliphatic carbocycles. The van der Waals surface area contributed by atoms with Crippen LogP contribution in [-0.2, 0) is 0 Å². The van der Waals surface area contributed by atoms with Crippen LogP contribution in [0.4, 0.5) is 4.39 Å². The quantitative estimate of drug-likeness (QED) is 0.238. The third kappa shape index (κ3) is 5.16. The number of aromatic carboxylic acids is 1. The zero-order valence-corrected chi connectivity index (χ0v) is 22.1. The van der Waals surface area contributed by atoms with Gasteiger partial charge in [0.1, 0.15) is 11.6 Å². The lowest BCUT2D eigenvalue weighted by molar-refractivity contribution is 0.0696. The highest BCUT2D eigenvalue weighted by Crippen LogP contribution is 2.42. The van der Waals surface area contributed by atoms with Crippen molar-refractivity contribution in [2.75, 3.05) is 6.54 Å². The van der Waals surface area contributed by atoms with Gasteiger partial charge in [0, 0.05) is 22.9 Å². The number of fused-ring (bicyclic) bond motifs is 2. The van der Waals surface area contributed by atoms with Gasteiger partial charge in [0.05, 0.1) is 11.7 Å². The topological polar surface area (TPSA) is 58.6 Å². The minimum Gasteiger partial charge on any atom is -0.490 e. The molecule has 5 rings (SSSR count). The predicted octanol–water partition coefficient (Wildman–Crippen LogP) is 7.71. The summed E-state index contributed by atoms with van der Waals surface area (Å²) < 4.78 is 20.6. The summed E-state index contributed by atoms with van der Waals surface area (Å²) in [4.78, 5) is 11.9. The molecule has 0 saturated heterocycles. The Bertz CT molecular complexity index is 1480. The van der Waals surface area contributed by atoms with E-state index in [0.717, 1.165) is 64.8 Å². The van der Waals surface area contributed by atoms with Crippen molar-refractivity contribution in [2.24, 2.45) is 0 Å². The highest BCUT2D eigenvalue weighted by molar-refractivity contribution is 5.90. The largest absolute Gasteiger partial charge is 0.490 e. The Morgan fingerprint density at radius 2 is 1.79 bits per heavy atom. The summed E-state index contributed by atoms with van der Waals surface area (Å²) in [5.41, 5.74) is 5.40. The second-order valence-electron chi connectivity index (χ2n) is 10.4. The Balaban J connectivity index is 1.28. The summed E-state index contributed by atoms with van der Waals surface area (Å²) in [6.07, 6.45) is 2.65. The Hall–Kier alpha value is -3.70. The van der Waals surface area contributed by atoms with Gasteiger partial charge in [-0.3, -0.25) is 0 Å². The third-order valence-corrected chi connectivity index (χ3v) is 7.93. The molecule has 0 aromatic heterocycles. The Kier molecular flexibility index (Phi) is 7.48. The van der Waals surface area contributed by atoms with Crippen LogP contribution in [-0.4, -0.2) is 23.7 Å². The van der Waals surface area contributed by atoms with Crippen molar-refractivity contribution in [3.05, 3.63) is 112 Å². The summed E-state index contributed by atoms with van der Waals surface area (Å²) in [6.45, 7) is 6.77. The van der Waals surface area contributed by atoms with Gasteiger partial charge < -0.3 is 15.2 Å². The maximum absolute atomic E-state index is 14.2. The van der Waals surface area contributed by atoms with E-state index in [-0.39, 0.29) is 23.9 Å². The van der Waals surface area contributed by atoms with Gasteiger partial charge in [0.25, 0.3) is 0 Å². The summed E-state index contributed by atoms with van der Waals surface area (Å²) in [6, 6.07) is 23.2. The van der Waals surface area contributed by atoms with E-state index in [0.29, 0.717) is 10.9 Å². The van der Waals surface area contributed by atoms with Crippen LogP contribution in [0.2, 0.25) is 0 Å². The molecule has 2 N–H and O–H groups in total. The van der Waals surface area contributed by atoms with Crippen molar-refractivity contribution in [2.45, 2.75) is 58.1 Å². The number of ether oxygens (including phenoxy) is 1. The fourth-order valence-corrected chi connectivity index (χ4v) is 5.72. The summed E-state index contributed by atoms with van der Waals surface area (Å²) in [5, 5.41) is 14.9. The van der Waals surface area contributed by atoms with E-state index < -0.39 is 5.97 Å². The molecule has 1 aliphatic rings. The molecule has 0 saturated carbocycles. The van der Waals surface area contributed by atoms with E-state index in [1.807, 2.05) is 68.4 Å². The lowest BCUT2D eigenvalue weighted by atomic mass is 9.81. The van der Waals surface area contributed by atoms with Crippen LogP contribution in [0.3, 0.4) is 0 Å². The molecule has 5 heteroatoms. The predicted molar refractivity (Wildman–Crippen MR) is 150 cm³/mol. The van der Waals surface area contributed by atoms with Crippen LogP contribution in [0.25, 0.3) is 10.8 Å². The summed E-state index contributed by atoms with van der Waals surface area (Å²) >= 11 is 0.